The Morgan fingerprint density at radius 1 is 0.474 bits per heavy atom. The molecule has 0 aliphatic carbocycles. The number of nitrogens with one attached hydrogen (secondary N) is 4. The standard InChI is InChI=1S/C22H22Cl4N4O8/c23-19(21(25)15-7-5-13(27(31)32)9-17(15)29(35)36)11-1-2-12(4-3-11)20(24)22(26)16-8-6-14(28(33)34)10-18(16)30(37)38/h1-10,19-22,27-31,33,35,37H/t19-,20-,21+,22+/m0/s1. The van der Waals surface area contributed by atoms with E-state index in [2.05, 4.69) is 0 Å². The van der Waals surface area contributed by atoms with Gasteiger partial charge in [-0.25, -0.2) is 20.8 Å². The lowest BCUT2D eigenvalue weighted by Crippen LogP contribution is -3.01. The third-order valence-electron chi connectivity index (χ3n) is 5.74. The first-order valence-electron chi connectivity index (χ1n) is 10.7. The van der Waals surface area contributed by atoms with Crippen LogP contribution in [-0.4, -0.2) is 20.8 Å². The number of benzene rings is 3. The van der Waals surface area contributed by atoms with Gasteiger partial charge < -0.3 is 20.8 Å². The van der Waals surface area contributed by atoms with Crippen molar-refractivity contribution in [2.75, 3.05) is 0 Å². The van der Waals surface area contributed by atoms with Gasteiger partial charge in [0.2, 0.25) is 0 Å². The fourth-order valence-corrected chi connectivity index (χ4v) is 4.98. The molecule has 0 amide bonds. The van der Waals surface area contributed by atoms with Crippen molar-refractivity contribution in [3.8, 4) is 0 Å². The zero-order valence-corrected chi connectivity index (χ0v) is 22.0. The average Bonchev–Trinajstić information content (AvgIpc) is 2.90. The molecule has 8 N–H and O–H groups in total. The summed E-state index contributed by atoms with van der Waals surface area (Å²) in [6.45, 7) is 0. The molecule has 3 aromatic rings. The van der Waals surface area contributed by atoms with Crippen LogP contribution < -0.4 is 20.9 Å². The Balaban J connectivity index is 1.84. The quantitative estimate of drug-likeness (QED) is 0.126. The maximum atomic E-state index is 11.7. The van der Waals surface area contributed by atoms with E-state index in [-0.39, 0.29) is 33.9 Å². The van der Waals surface area contributed by atoms with E-state index in [1.807, 2.05) is 0 Å². The van der Waals surface area contributed by atoms with Crippen LogP contribution in [0, 0.1) is 20.8 Å². The topological polar surface area (TPSA) is 191 Å². The highest BCUT2D eigenvalue weighted by Gasteiger charge is 2.29. The van der Waals surface area contributed by atoms with Gasteiger partial charge in [0.15, 0.2) is 22.7 Å². The number of hydrogen-bond acceptors (Lipinski definition) is 8. The number of alkyl halides is 4. The van der Waals surface area contributed by atoms with Crippen LogP contribution in [-0.2, 0) is 0 Å². The van der Waals surface area contributed by atoms with Gasteiger partial charge in [-0.15, -0.1) is 46.4 Å². The Kier molecular flexibility index (Phi) is 10.7. The molecule has 0 saturated carbocycles. The van der Waals surface area contributed by atoms with Gasteiger partial charge in [-0.1, -0.05) is 24.3 Å². The largest absolute Gasteiger partial charge is 0.595 e. The highest BCUT2D eigenvalue weighted by Crippen LogP contribution is 2.44. The van der Waals surface area contributed by atoms with E-state index in [0.717, 1.165) is 12.1 Å². The van der Waals surface area contributed by atoms with E-state index in [1.54, 1.807) is 24.3 Å². The molecule has 0 spiro atoms. The number of hydrogen-bond donors (Lipinski definition) is 8. The van der Waals surface area contributed by atoms with Crippen molar-refractivity contribution in [2.24, 2.45) is 0 Å². The van der Waals surface area contributed by atoms with Crippen LogP contribution in [0.1, 0.15) is 43.8 Å². The highest BCUT2D eigenvalue weighted by molar-refractivity contribution is 6.31. The fourth-order valence-electron chi connectivity index (χ4n) is 3.75. The highest BCUT2D eigenvalue weighted by atomic mass is 35.5. The smallest absolute Gasteiger partial charge is 0.174 e. The SMILES string of the molecule is [O-][NH+](O)c1ccc([C@@H](Cl)[C@@H](Cl)c2ccc([C@H](Cl)[C@H](Cl)c3ccc([NH+]([O-])O)cc3[NH+]([O-])O)cc2)c([NH+]([O-])O)c1. The van der Waals surface area contributed by atoms with Gasteiger partial charge in [-0.3, -0.25) is 0 Å². The minimum atomic E-state index is -1.36. The van der Waals surface area contributed by atoms with Gasteiger partial charge in [-0.05, 0) is 23.3 Å². The van der Waals surface area contributed by atoms with Gasteiger partial charge in [-0.2, -0.15) is 20.9 Å². The molecular formula is C22H22Cl4N4O8. The van der Waals surface area contributed by atoms with Crippen LogP contribution in [0.15, 0.2) is 60.7 Å². The maximum absolute atomic E-state index is 11.7. The molecule has 0 bridgehead atoms. The van der Waals surface area contributed by atoms with Gasteiger partial charge in [0.05, 0.1) is 33.6 Å². The van der Waals surface area contributed by atoms with Crippen molar-refractivity contribution < 1.29 is 41.7 Å². The van der Waals surface area contributed by atoms with Gasteiger partial charge in [0.25, 0.3) is 0 Å². The Bertz CT molecular complexity index is 1140. The lowest BCUT2D eigenvalue weighted by molar-refractivity contribution is -0.996. The minimum absolute atomic E-state index is 0.135. The van der Waals surface area contributed by atoms with Crippen molar-refractivity contribution in [2.45, 2.75) is 21.5 Å². The number of halogens is 4. The normalized spacial score (nSPS) is 18.2. The molecule has 4 unspecified atom stereocenters. The number of quaternary nitrogens is 4. The first-order chi connectivity index (χ1) is 17.8. The summed E-state index contributed by atoms with van der Waals surface area (Å²) in [5.41, 5.74) is 0.269. The molecule has 16 heteroatoms. The summed E-state index contributed by atoms with van der Waals surface area (Å²) < 4.78 is 0. The molecular weight excluding hydrogens is 590 g/mol. The van der Waals surface area contributed by atoms with Gasteiger partial charge in [0.1, 0.15) is 0 Å². The molecule has 206 valence electrons. The van der Waals surface area contributed by atoms with Crippen LogP contribution >= 0.6 is 46.4 Å². The zero-order valence-electron chi connectivity index (χ0n) is 19.0. The predicted octanol–water partition coefficient (Wildman–Crippen LogP) is 1.82. The second kappa shape index (κ2) is 13.1. The van der Waals surface area contributed by atoms with E-state index in [4.69, 9.17) is 56.8 Å². The van der Waals surface area contributed by atoms with Gasteiger partial charge in [0, 0.05) is 23.3 Å². The summed E-state index contributed by atoms with van der Waals surface area (Å²) >= 11 is 26.1. The van der Waals surface area contributed by atoms with Crippen LogP contribution in [0.5, 0.6) is 0 Å². The van der Waals surface area contributed by atoms with Crippen LogP contribution in [0.3, 0.4) is 0 Å². The first kappa shape index (κ1) is 30.9. The summed E-state index contributed by atoms with van der Waals surface area (Å²) in [6, 6.07) is 13.5. The summed E-state index contributed by atoms with van der Waals surface area (Å²) in [6.07, 6.45) is 0. The van der Waals surface area contributed by atoms with Crippen molar-refractivity contribution in [3.05, 3.63) is 104 Å². The van der Waals surface area contributed by atoms with Gasteiger partial charge >= 0.3 is 0 Å². The first-order valence-corrected chi connectivity index (χ1v) is 12.4. The van der Waals surface area contributed by atoms with Crippen LogP contribution in [0.25, 0.3) is 0 Å². The van der Waals surface area contributed by atoms with Crippen molar-refractivity contribution in [1.29, 1.82) is 0 Å². The molecule has 38 heavy (non-hydrogen) atoms. The molecule has 0 fully saturated rings. The van der Waals surface area contributed by atoms with E-state index < -0.39 is 42.4 Å². The molecule has 0 aliphatic heterocycles. The van der Waals surface area contributed by atoms with E-state index in [9.17, 15) is 31.2 Å². The minimum Gasteiger partial charge on any atom is -0.595 e. The van der Waals surface area contributed by atoms with E-state index in [0.29, 0.717) is 11.1 Å². The zero-order chi connectivity index (χ0) is 28.3. The molecule has 3 aromatic carbocycles. The summed E-state index contributed by atoms with van der Waals surface area (Å²) in [4.78, 5) is 0. The molecule has 0 aliphatic rings. The molecule has 12 nitrogen and oxygen atoms in total. The van der Waals surface area contributed by atoms with Crippen molar-refractivity contribution in [3.63, 3.8) is 0 Å². The molecule has 0 saturated heterocycles. The lowest BCUT2D eigenvalue weighted by atomic mass is 9.97. The predicted molar refractivity (Wildman–Crippen MR) is 137 cm³/mol. The second-order valence-electron chi connectivity index (χ2n) is 8.10. The van der Waals surface area contributed by atoms with E-state index in [1.165, 1.54) is 24.3 Å². The Morgan fingerprint density at radius 2 is 0.789 bits per heavy atom. The van der Waals surface area contributed by atoms with Crippen molar-refractivity contribution in [1.82, 2.24) is 0 Å². The Morgan fingerprint density at radius 3 is 1.05 bits per heavy atom. The summed E-state index contributed by atoms with van der Waals surface area (Å²) in [7, 11) is 0. The maximum Gasteiger partial charge on any atom is 0.174 e. The molecule has 3 rings (SSSR count). The average molecular weight is 612 g/mol. The second-order valence-corrected chi connectivity index (χ2v) is 9.98. The molecule has 0 aromatic heterocycles. The van der Waals surface area contributed by atoms with E-state index >= 15 is 0 Å². The van der Waals surface area contributed by atoms with Crippen molar-refractivity contribution >= 4 is 69.2 Å². The third-order valence-corrected chi connectivity index (χ3v) is 7.98. The molecule has 0 heterocycles. The summed E-state index contributed by atoms with van der Waals surface area (Å²) in [5, 5.41) is 73.9. The lowest BCUT2D eigenvalue weighted by Gasteiger charge is -2.24. The fraction of sp³-hybridized carbons (Fsp3) is 0.182. The summed E-state index contributed by atoms with van der Waals surface area (Å²) in [5.74, 6) is 0. The molecule has 8 atom stereocenters. The Labute approximate surface area is 235 Å². The number of rotatable bonds is 10. The monoisotopic (exact) mass is 610 g/mol. The van der Waals surface area contributed by atoms with Crippen LogP contribution in [0.2, 0.25) is 0 Å². The Hall–Kier alpha value is -1.66. The van der Waals surface area contributed by atoms with Crippen LogP contribution in [0.4, 0.5) is 22.7 Å². The third kappa shape index (κ3) is 6.91. The molecule has 0 radical (unpaired) electrons.